The molecule has 2 fully saturated rings. The zero-order valence-electron chi connectivity index (χ0n) is 15.4. The normalized spacial score (nSPS) is 20.0. The number of halogens is 3. The van der Waals surface area contributed by atoms with E-state index in [1.807, 2.05) is 22.6 Å². The van der Waals surface area contributed by atoms with Gasteiger partial charge in [-0.25, -0.2) is 8.78 Å². The first-order valence-electron chi connectivity index (χ1n) is 9.55. The molecule has 0 aliphatic carbocycles. The molecule has 7 heteroatoms. The number of nitrogens with one attached hydrogen (secondary N) is 2. The summed E-state index contributed by atoms with van der Waals surface area (Å²) < 4.78 is 28.8. The van der Waals surface area contributed by atoms with E-state index in [0.29, 0.717) is 30.6 Å². The molecule has 4 nitrogen and oxygen atoms in total. The van der Waals surface area contributed by atoms with E-state index in [4.69, 9.17) is 0 Å². The molecule has 2 aromatic rings. The van der Waals surface area contributed by atoms with E-state index in [-0.39, 0.29) is 17.3 Å². The van der Waals surface area contributed by atoms with Gasteiger partial charge in [0, 0.05) is 28.6 Å². The molecule has 2 N–H and O–H groups in total. The summed E-state index contributed by atoms with van der Waals surface area (Å²) in [5, 5.41) is 6.43. The molecule has 0 spiro atoms. The summed E-state index contributed by atoms with van der Waals surface area (Å²) in [5.74, 6) is -0.602. The maximum absolute atomic E-state index is 14.2. The summed E-state index contributed by atoms with van der Waals surface area (Å²) in [7, 11) is 0. The molecule has 0 unspecified atom stereocenters. The van der Waals surface area contributed by atoms with Crippen molar-refractivity contribution in [3.05, 3.63) is 57.2 Å². The van der Waals surface area contributed by atoms with E-state index >= 15 is 0 Å². The zero-order chi connectivity index (χ0) is 19.7. The third-order valence-electron chi connectivity index (χ3n) is 5.53. The van der Waals surface area contributed by atoms with Crippen LogP contribution >= 0.6 is 22.6 Å². The fourth-order valence-corrected chi connectivity index (χ4v) is 4.38. The van der Waals surface area contributed by atoms with E-state index in [1.165, 1.54) is 37.1 Å². The molecule has 148 valence electrons. The smallest absolute Gasteiger partial charge is 0.255 e. The summed E-state index contributed by atoms with van der Waals surface area (Å²) >= 11 is 2.02. The average Bonchev–Trinajstić information content (AvgIpc) is 2.64. The van der Waals surface area contributed by atoms with E-state index in [0.717, 1.165) is 16.5 Å². The molecule has 2 aliphatic rings. The summed E-state index contributed by atoms with van der Waals surface area (Å²) in [4.78, 5) is 14.7. The first-order valence-corrected chi connectivity index (χ1v) is 10.6. The molecule has 4 rings (SSSR count). The van der Waals surface area contributed by atoms with Crippen LogP contribution in [-0.2, 0) is 0 Å². The highest BCUT2D eigenvalue weighted by molar-refractivity contribution is 14.1. The SMILES string of the molecule is O=C(c1ccc(F)cc1Nc1ccc(I)cc1F)N1CC([C@@H]2CCCCN2)C1. The first kappa shape index (κ1) is 19.6. The number of nitrogens with zero attached hydrogens (tertiary/aromatic N) is 1. The molecule has 2 heterocycles. The van der Waals surface area contributed by atoms with Gasteiger partial charge in [-0.3, -0.25) is 4.79 Å². The number of likely N-dealkylation sites (tertiary alicyclic amines) is 1. The summed E-state index contributed by atoms with van der Waals surface area (Å²) in [6.45, 7) is 2.44. The highest BCUT2D eigenvalue weighted by Crippen LogP contribution is 2.30. The minimum atomic E-state index is -0.474. The molecule has 0 radical (unpaired) electrons. The minimum absolute atomic E-state index is 0.152. The topological polar surface area (TPSA) is 44.4 Å². The fraction of sp³-hybridized carbons (Fsp3) is 0.381. The van der Waals surface area contributed by atoms with E-state index < -0.39 is 11.6 Å². The number of hydrogen-bond acceptors (Lipinski definition) is 3. The van der Waals surface area contributed by atoms with Gasteiger partial charge in [-0.1, -0.05) is 6.42 Å². The lowest BCUT2D eigenvalue weighted by Gasteiger charge is -2.45. The Morgan fingerprint density at radius 3 is 2.64 bits per heavy atom. The number of anilines is 2. The molecule has 2 saturated heterocycles. The second kappa shape index (κ2) is 8.32. The van der Waals surface area contributed by atoms with Crippen LogP contribution in [0.1, 0.15) is 29.6 Å². The fourth-order valence-electron chi connectivity index (χ4n) is 3.93. The van der Waals surface area contributed by atoms with Crippen molar-refractivity contribution in [3.63, 3.8) is 0 Å². The van der Waals surface area contributed by atoms with Gasteiger partial charge in [0.25, 0.3) is 5.91 Å². The van der Waals surface area contributed by atoms with Crippen LogP contribution in [-0.4, -0.2) is 36.5 Å². The van der Waals surface area contributed by atoms with E-state index in [2.05, 4.69) is 10.6 Å². The number of amides is 1. The molecule has 0 bridgehead atoms. The molecule has 28 heavy (non-hydrogen) atoms. The molecule has 2 aromatic carbocycles. The van der Waals surface area contributed by atoms with Gasteiger partial charge in [-0.05, 0) is 78.4 Å². The van der Waals surface area contributed by atoms with E-state index in [9.17, 15) is 13.6 Å². The lowest BCUT2D eigenvalue weighted by atomic mass is 9.86. The molecule has 0 aromatic heterocycles. The largest absolute Gasteiger partial charge is 0.352 e. The maximum atomic E-state index is 14.2. The predicted molar refractivity (Wildman–Crippen MR) is 114 cm³/mol. The molecule has 1 atom stereocenters. The van der Waals surface area contributed by atoms with Crippen molar-refractivity contribution in [2.75, 3.05) is 25.0 Å². The zero-order valence-corrected chi connectivity index (χ0v) is 17.5. The van der Waals surface area contributed by atoms with Gasteiger partial charge >= 0.3 is 0 Å². The molecular formula is C21H22F2IN3O. The number of benzene rings is 2. The lowest BCUT2D eigenvalue weighted by molar-refractivity contribution is 0.0393. The summed E-state index contributed by atoms with van der Waals surface area (Å²) in [6, 6.07) is 9.18. The van der Waals surface area contributed by atoms with Crippen molar-refractivity contribution in [1.82, 2.24) is 10.2 Å². The van der Waals surface area contributed by atoms with Crippen molar-refractivity contribution in [3.8, 4) is 0 Å². The third-order valence-corrected chi connectivity index (χ3v) is 6.20. The van der Waals surface area contributed by atoms with Crippen molar-refractivity contribution >= 4 is 39.9 Å². The van der Waals surface area contributed by atoms with Gasteiger partial charge in [0.1, 0.15) is 11.6 Å². The Labute approximate surface area is 176 Å². The van der Waals surface area contributed by atoms with Gasteiger partial charge in [0.2, 0.25) is 0 Å². The van der Waals surface area contributed by atoms with Gasteiger partial charge < -0.3 is 15.5 Å². The molecule has 1 amide bonds. The van der Waals surface area contributed by atoms with Crippen LogP contribution in [0.4, 0.5) is 20.2 Å². The highest BCUT2D eigenvalue weighted by Gasteiger charge is 2.37. The number of piperidine rings is 1. The summed E-state index contributed by atoms with van der Waals surface area (Å²) in [5.41, 5.74) is 0.853. The van der Waals surface area contributed by atoms with Gasteiger partial charge in [0.15, 0.2) is 0 Å². The Hall–Kier alpha value is -1.74. The molecule has 2 aliphatic heterocycles. The lowest BCUT2D eigenvalue weighted by Crippen LogP contribution is -2.58. The van der Waals surface area contributed by atoms with Gasteiger partial charge in [-0.2, -0.15) is 0 Å². The predicted octanol–water partition coefficient (Wildman–Crippen LogP) is 4.53. The van der Waals surface area contributed by atoms with Crippen LogP contribution in [0.3, 0.4) is 0 Å². The molecule has 0 saturated carbocycles. The van der Waals surface area contributed by atoms with Crippen LogP contribution in [0.2, 0.25) is 0 Å². The number of rotatable bonds is 4. The second-order valence-corrected chi connectivity index (χ2v) is 8.71. The maximum Gasteiger partial charge on any atom is 0.255 e. The standard InChI is InChI=1S/C21H22F2IN3O/c22-14-4-6-16(20(9-14)26-19-7-5-15(24)10-17(19)23)21(28)27-11-13(12-27)18-3-1-2-8-25-18/h4-7,9-10,13,18,25-26H,1-3,8,11-12H2/t18-/m0/s1. The Bertz CT molecular complexity index is 880. The molecular weight excluding hydrogens is 475 g/mol. The van der Waals surface area contributed by atoms with Crippen molar-refractivity contribution in [2.24, 2.45) is 5.92 Å². The van der Waals surface area contributed by atoms with Crippen LogP contribution in [0.5, 0.6) is 0 Å². The minimum Gasteiger partial charge on any atom is -0.352 e. The monoisotopic (exact) mass is 497 g/mol. The number of hydrogen-bond donors (Lipinski definition) is 2. The highest BCUT2D eigenvalue weighted by atomic mass is 127. The quantitative estimate of drug-likeness (QED) is 0.611. The van der Waals surface area contributed by atoms with Crippen LogP contribution in [0.25, 0.3) is 0 Å². The number of carbonyl (C=O) groups is 1. The van der Waals surface area contributed by atoms with Gasteiger partial charge in [-0.15, -0.1) is 0 Å². The third kappa shape index (κ3) is 4.15. The van der Waals surface area contributed by atoms with Crippen molar-refractivity contribution < 1.29 is 13.6 Å². The second-order valence-electron chi connectivity index (χ2n) is 7.47. The first-order chi connectivity index (χ1) is 13.5. The van der Waals surface area contributed by atoms with Crippen LogP contribution in [0, 0.1) is 21.1 Å². The summed E-state index contributed by atoms with van der Waals surface area (Å²) in [6.07, 6.45) is 3.60. The van der Waals surface area contributed by atoms with Crippen molar-refractivity contribution in [2.45, 2.75) is 25.3 Å². The Balaban J connectivity index is 1.49. The van der Waals surface area contributed by atoms with E-state index in [1.54, 1.807) is 17.0 Å². The van der Waals surface area contributed by atoms with Crippen LogP contribution in [0.15, 0.2) is 36.4 Å². The Morgan fingerprint density at radius 1 is 1.11 bits per heavy atom. The van der Waals surface area contributed by atoms with Gasteiger partial charge in [0.05, 0.1) is 16.9 Å². The Morgan fingerprint density at radius 2 is 1.93 bits per heavy atom. The van der Waals surface area contributed by atoms with Crippen molar-refractivity contribution in [1.29, 1.82) is 0 Å². The van der Waals surface area contributed by atoms with Crippen LogP contribution < -0.4 is 10.6 Å². The Kier molecular flexibility index (Phi) is 5.82. The average molecular weight is 497 g/mol. The number of carbonyl (C=O) groups excluding carboxylic acids is 1.